The standard InChI is InChI=1S/C16H25N3S/c1-4-19-9-5-6-14(19)11-17-16(20)18-15-10-12(2)7-8-13(15)3/h7-8,10,14H,4-6,9,11H2,1-3H3,(H2,17,18,20)/t14-/m0/s1. The van der Waals surface area contributed by atoms with Gasteiger partial charge in [-0.25, -0.2) is 0 Å². The fraction of sp³-hybridized carbons (Fsp3) is 0.562. The van der Waals surface area contributed by atoms with E-state index in [1.54, 1.807) is 0 Å². The Labute approximate surface area is 127 Å². The van der Waals surface area contributed by atoms with Crippen LogP contribution >= 0.6 is 12.2 Å². The molecule has 1 fully saturated rings. The van der Waals surface area contributed by atoms with Gasteiger partial charge in [-0.05, 0) is 69.2 Å². The normalized spacial score (nSPS) is 19.1. The molecule has 0 aliphatic carbocycles. The second-order valence-electron chi connectivity index (χ2n) is 5.58. The van der Waals surface area contributed by atoms with Crippen LogP contribution in [-0.4, -0.2) is 35.7 Å². The van der Waals surface area contributed by atoms with E-state index in [2.05, 4.69) is 54.5 Å². The molecule has 0 spiro atoms. The fourth-order valence-corrected chi connectivity index (χ4v) is 2.98. The van der Waals surface area contributed by atoms with Gasteiger partial charge in [-0.2, -0.15) is 0 Å². The van der Waals surface area contributed by atoms with Gasteiger partial charge in [0, 0.05) is 18.3 Å². The van der Waals surface area contributed by atoms with Crippen LogP contribution in [0.2, 0.25) is 0 Å². The predicted octanol–water partition coefficient (Wildman–Crippen LogP) is 3.07. The fourth-order valence-electron chi connectivity index (χ4n) is 2.79. The van der Waals surface area contributed by atoms with Gasteiger partial charge in [0.25, 0.3) is 0 Å². The number of hydrogen-bond acceptors (Lipinski definition) is 2. The van der Waals surface area contributed by atoms with Crippen molar-refractivity contribution < 1.29 is 0 Å². The molecule has 20 heavy (non-hydrogen) atoms. The number of nitrogens with one attached hydrogen (secondary N) is 2. The molecule has 110 valence electrons. The van der Waals surface area contributed by atoms with Crippen LogP contribution in [0.3, 0.4) is 0 Å². The van der Waals surface area contributed by atoms with E-state index in [1.165, 1.54) is 30.5 Å². The maximum Gasteiger partial charge on any atom is 0.170 e. The first-order chi connectivity index (χ1) is 9.60. The molecular formula is C16H25N3S. The highest BCUT2D eigenvalue weighted by Gasteiger charge is 2.22. The molecule has 1 saturated heterocycles. The number of aryl methyl sites for hydroxylation is 2. The number of anilines is 1. The minimum Gasteiger partial charge on any atom is -0.361 e. The maximum absolute atomic E-state index is 5.41. The van der Waals surface area contributed by atoms with Crippen molar-refractivity contribution in [1.29, 1.82) is 0 Å². The van der Waals surface area contributed by atoms with E-state index in [-0.39, 0.29) is 0 Å². The Hall–Kier alpha value is -1.13. The van der Waals surface area contributed by atoms with E-state index in [9.17, 15) is 0 Å². The van der Waals surface area contributed by atoms with Crippen molar-refractivity contribution in [1.82, 2.24) is 10.2 Å². The third-order valence-corrected chi connectivity index (χ3v) is 4.29. The minimum atomic E-state index is 0.623. The van der Waals surface area contributed by atoms with Crippen LogP contribution in [0, 0.1) is 13.8 Å². The number of hydrogen-bond donors (Lipinski definition) is 2. The van der Waals surface area contributed by atoms with Gasteiger partial charge in [-0.3, -0.25) is 4.90 Å². The van der Waals surface area contributed by atoms with E-state index in [4.69, 9.17) is 12.2 Å². The Morgan fingerprint density at radius 1 is 1.40 bits per heavy atom. The minimum absolute atomic E-state index is 0.623. The molecule has 2 N–H and O–H groups in total. The number of thiocarbonyl (C=S) groups is 1. The second-order valence-corrected chi connectivity index (χ2v) is 5.99. The molecule has 1 aromatic rings. The Bertz CT molecular complexity index is 473. The SMILES string of the molecule is CCN1CCC[C@H]1CNC(=S)Nc1cc(C)ccc1C. The van der Waals surface area contributed by atoms with Gasteiger partial charge >= 0.3 is 0 Å². The molecule has 1 heterocycles. The van der Waals surface area contributed by atoms with E-state index in [0.29, 0.717) is 6.04 Å². The number of nitrogens with zero attached hydrogens (tertiary/aromatic N) is 1. The lowest BCUT2D eigenvalue weighted by Crippen LogP contribution is -2.41. The van der Waals surface area contributed by atoms with Crippen LogP contribution in [0.4, 0.5) is 5.69 Å². The molecule has 1 aliphatic heterocycles. The van der Waals surface area contributed by atoms with E-state index >= 15 is 0 Å². The van der Waals surface area contributed by atoms with Gasteiger partial charge in [0.1, 0.15) is 0 Å². The molecule has 0 amide bonds. The summed E-state index contributed by atoms with van der Waals surface area (Å²) < 4.78 is 0. The number of rotatable bonds is 4. The molecule has 1 aromatic carbocycles. The van der Waals surface area contributed by atoms with Gasteiger partial charge in [0.15, 0.2) is 5.11 Å². The summed E-state index contributed by atoms with van der Waals surface area (Å²) >= 11 is 5.41. The molecule has 3 nitrogen and oxygen atoms in total. The zero-order valence-electron chi connectivity index (χ0n) is 12.7. The lowest BCUT2D eigenvalue weighted by atomic mass is 10.1. The zero-order chi connectivity index (χ0) is 14.5. The smallest absolute Gasteiger partial charge is 0.170 e. The van der Waals surface area contributed by atoms with Crippen LogP contribution in [0.15, 0.2) is 18.2 Å². The molecule has 1 atom stereocenters. The van der Waals surface area contributed by atoms with Crippen LogP contribution in [0.25, 0.3) is 0 Å². The summed E-state index contributed by atoms with van der Waals surface area (Å²) in [6.45, 7) is 9.71. The molecule has 0 saturated carbocycles. The topological polar surface area (TPSA) is 27.3 Å². The van der Waals surface area contributed by atoms with Gasteiger partial charge in [0.05, 0.1) is 0 Å². The van der Waals surface area contributed by atoms with E-state index in [1.807, 2.05) is 0 Å². The number of likely N-dealkylation sites (N-methyl/N-ethyl adjacent to an activating group) is 1. The molecule has 4 heteroatoms. The summed E-state index contributed by atoms with van der Waals surface area (Å²) in [4.78, 5) is 2.52. The summed E-state index contributed by atoms with van der Waals surface area (Å²) in [7, 11) is 0. The zero-order valence-corrected chi connectivity index (χ0v) is 13.5. The van der Waals surface area contributed by atoms with Crippen molar-refractivity contribution in [3.05, 3.63) is 29.3 Å². The molecular weight excluding hydrogens is 266 g/mol. The highest BCUT2D eigenvalue weighted by atomic mass is 32.1. The Morgan fingerprint density at radius 3 is 2.95 bits per heavy atom. The van der Waals surface area contributed by atoms with E-state index < -0.39 is 0 Å². The van der Waals surface area contributed by atoms with Gasteiger partial charge in [-0.1, -0.05) is 19.1 Å². The lowest BCUT2D eigenvalue weighted by molar-refractivity contribution is 0.267. The van der Waals surface area contributed by atoms with Crippen molar-refractivity contribution in [2.45, 2.75) is 39.7 Å². The summed E-state index contributed by atoms with van der Waals surface area (Å²) in [5.41, 5.74) is 3.56. The largest absolute Gasteiger partial charge is 0.361 e. The first-order valence-electron chi connectivity index (χ1n) is 7.46. The molecule has 0 aromatic heterocycles. The average molecular weight is 291 g/mol. The van der Waals surface area contributed by atoms with Crippen LogP contribution in [0.1, 0.15) is 30.9 Å². The summed E-state index contributed by atoms with van der Waals surface area (Å²) in [6, 6.07) is 7.00. The molecule has 0 radical (unpaired) electrons. The molecule has 1 aliphatic rings. The van der Waals surface area contributed by atoms with Crippen molar-refractivity contribution in [2.75, 3.05) is 25.0 Å². The third-order valence-electron chi connectivity index (χ3n) is 4.04. The summed E-state index contributed by atoms with van der Waals surface area (Å²) in [5.74, 6) is 0. The first kappa shape index (κ1) is 15.3. The van der Waals surface area contributed by atoms with Crippen molar-refractivity contribution in [2.24, 2.45) is 0 Å². The van der Waals surface area contributed by atoms with Gasteiger partial charge in [-0.15, -0.1) is 0 Å². The molecule has 2 rings (SSSR count). The van der Waals surface area contributed by atoms with Crippen LogP contribution in [0.5, 0.6) is 0 Å². The Morgan fingerprint density at radius 2 is 2.20 bits per heavy atom. The Kier molecular flexibility index (Phi) is 5.38. The molecule has 0 bridgehead atoms. The monoisotopic (exact) mass is 291 g/mol. The highest BCUT2D eigenvalue weighted by Crippen LogP contribution is 2.17. The number of benzene rings is 1. The molecule has 0 unspecified atom stereocenters. The number of likely N-dealkylation sites (tertiary alicyclic amines) is 1. The quantitative estimate of drug-likeness (QED) is 0.834. The van der Waals surface area contributed by atoms with Gasteiger partial charge in [0.2, 0.25) is 0 Å². The second kappa shape index (κ2) is 7.04. The summed E-state index contributed by atoms with van der Waals surface area (Å²) in [6.07, 6.45) is 2.57. The van der Waals surface area contributed by atoms with Crippen molar-refractivity contribution in [3.8, 4) is 0 Å². The van der Waals surface area contributed by atoms with Crippen molar-refractivity contribution >= 4 is 23.0 Å². The van der Waals surface area contributed by atoms with Crippen LogP contribution < -0.4 is 10.6 Å². The lowest BCUT2D eigenvalue weighted by Gasteiger charge is -2.23. The first-order valence-corrected chi connectivity index (χ1v) is 7.87. The van der Waals surface area contributed by atoms with E-state index in [0.717, 1.165) is 23.9 Å². The summed E-state index contributed by atoms with van der Waals surface area (Å²) in [5, 5.41) is 7.40. The van der Waals surface area contributed by atoms with Crippen molar-refractivity contribution in [3.63, 3.8) is 0 Å². The Balaban J connectivity index is 1.85. The highest BCUT2D eigenvalue weighted by molar-refractivity contribution is 7.80. The average Bonchev–Trinajstić information content (AvgIpc) is 2.88. The third kappa shape index (κ3) is 3.93. The van der Waals surface area contributed by atoms with Gasteiger partial charge < -0.3 is 10.6 Å². The predicted molar refractivity (Wildman–Crippen MR) is 90.4 cm³/mol. The maximum atomic E-state index is 5.41. The van der Waals surface area contributed by atoms with Crippen LogP contribution in [-0.2, 0) is 0 Å².